The zero-order valence-electron chi connectivity index (χ0n) is 11.7. The minimum Gasteiger partial charge on any atom is -0.352 e. The molecule has 0 unspecified atom stereocenters. The highest BCUT2D eigenvalue weighted by Crippen LogP contribution is 2.20. The summed E-state index contributed by atoms with van der Waals surface area (Å²) in [6, 6.07) is 4.53. The Bertz CT molecular complexity index is 475. The van der Waals surface area contributed by atoms with Gasteiger partial charge in [-0.2, -0.15) is 0 Å². The quantitative estimate of drug-likeness (QED) is 0.432. The summed E-state index contributed by atoms with van der Waals surface area (Å²) in [5.41, 5.74) is 6.13. The highest BCUT2D eigenvalue weighted by Gasteiger charge is 2.17. The molecule has 110 valence electrons. The number of nitrogens with zero attached hydrogens (tertiary/aromatic N) is 1. The zero-order valence-corrected chi connectivity index (χ0v) is 11.7. The number of hydrogen-bond donors (Lipinski definition) is 2. The highest BCUT2D eigenvalue weighted by atomic mass is 16.6. The molecule has 0 aliphatic rings. The van der Waals surface area contributed by atoms with E-state index in [1.54, 1.807) is 13.0 Å². The number of nitrogens with two attached hydrogens (primary N) is 1. The molecule has 1 rings (SSSR count). The lowest BCUT2D eigenvalue weighted by atomic mass is 10.1. The summed E-state index contributed by atoms with van der Waals surface area (Å²) >= 11 is 0. The van der Waals surface area contributed by atoms with Gasteiger partial charge in [0.15, 0.2) is 0 Å². The first-order valence-electron chi connectivity index (χ1n) is 6.80. The fourth-order valence-electron chi connectivity index (χ4n) is 1.99. The summed E-state index contributed by atoms with van der Waals surface area (Å²) in [6.45, 7) is 2.86. The fraction of sp³-hybridized carbons (Fsp3) is 0.500. The van der Waals surface area contributed by atoms with Crippen LogP contribution in [-0.4, -0.2) is 23.9 Å². The number of nitro groups is 1. The minimum atomic E-state index is -0.473. The number of hydrogen-bond acceptors (Lipinski definition) is 4. The van der Waals surface area contributed by atoms with E-state index >= 15 is 0 Å². The van der Waals surface area contributed by atoms with E-state index in [0.717, 1.165) is 25.7 Å². The molecule has 1 aromatic rings. The molecule has 0 spiro atoms. The van der Waals surface area contributed by atoms with Crippen molar-refractivity contribution in [3.8, 4) is 0 Å². The van der Waals surface area contributed by atoms with Gasteiger partial charge in [-0.05, 0) is 32.4 Å². The van der Waals surface area contributed by atoms with Crippen molar-refractivity contribution >= 4 is 11.6 Å². The van der Waals surface area contributed by atoms with Crippen molar-refractivity contribution in [3.63, 3.8) is 0 Å². The van der Waals surface area contributed by atoms with Gasteiger partial charge in [-0.3, -0.25) is 14.9 Å². The molecule has 0 radical (unpaired) electrons. The van der Waals surface area contributed by atoms with E-state index < -0.39 is 4.92 Å². The summed E-state index contributed by atoms with van der Waals surface area (Å²) in [6.07, 6.45) is 3.96. The van der Waals surface area contributed by atoms with Gasteiger partial charge in [0.2, 0.25) is 0 Å². The summed E-state index contributed by atoms with van der Waals surface area (Å²) in [7, 11) is 0. The lowest BCUT2D eigenvalue weighted by Crippen LogP contribution is -2.25. The number of amides is 1. The van der Waals surface area contributed by atoms with Crippen LogP contribution in [0.3, 0.4) is 0 Å². The molecule has 0 atom stereocenters. The van der Waals surface area contributed by atoms with Gasteiger partial charge in [0.25, 0.3) is 11.6 Å². The van der Waals surface area contributed by atoms with Gasteiger partial charge in [-0.1, -0.05) is 18.9 Å². The molecule has 1 aromatic carbocycles. The van der Waals surface area contributed by atoms with E-state index in [0.29, 0.717) is 24.2 Å². The molecule has 1 amide bonds. The van der Waals surface area contributed by atoms with E-state index in [2.05, 4.69) is 5.32 Å². The topological polar surface area (TPSA) is 98.3 Å². The van der Waals surface area contributed by atoms with Crippen molar-refractivity contribution in [1.82, 2.24) is 5.32 Å². The SMILES string of the molecule is Cc1c(C(=O)NCCCCCCN)cccc1[N+](=O)[O-]. The Morgan fingerprint density at radius 3 is 2.65 bits per heavy atom. The Hall–Kier alpha value is -1.95. The maximum atomic E-state index is 12.0. The van der Waals surface area contributed by atoms with E-state index in [9.17, 15) is 14.9 Å². The van der Waals surface area contributed by atoms with Gasteiger partial charge in [0.05, 0.1) is 4.92 Å². The summed E-state index contributed by atoms with van der Waals surface area (Å²) in [5, 5.41) is 13.6. The number of rotatable bonds is 8. The lowest BCUT2D eigenvalue weighted by molar-refractivity contribution is -0.385. The van der Waals surface area contributed by atoms with Crippen LogP contribution in [0, 0.1) is 17.0 Å². The molecule has 0 saturated heterocycles. The molecule has 3 N–H and O–H groups in total. The van der Waals surface area contributed by atoms with Crippen molar-refractivity contribution in [3.05, 3.63) is 39.4 Å². The Balaban J connectivity index is 2.52. The lowest BCUT2D eigenvalue weighted by Gasteiger charge is -2.07. The van der Waals surface area contributed by atoms with Gasteiger partial charge >= 0.3 is 0 Å². The van der Waals surface area contributed by atoms with Crippen molar-refractivity contribution in [2.24, 2.45) is 5.73 Å². The fourth-order valence-corrected chi connectivity index (χ4v) is 1.99. The summed E-state index contributed by atoms with van der Waals surface area (Å²) in [5.74, 6) is -0.259. The number of unbranched alkanes of at least 4 members (excludes halogenated alkanes) is 3. The van der Waals surface area contributed by atoms with Crippen molar-refractivity contribution in [2.75, 3.05) is 13.1 Å². The van der Waals surface area contributed by atoms with E-state index in [4.69, 9.17) is 5.73 Å². The molecule has 0 saturated carbocycles. The first-order chi connectivity index (χ1) is 9.57. The average Bonchev–Trinajstić information content (AvgIpc) is 2.42. The van der Waals surface area contributed by atoms with Crippen molar-refractivity contribution in [1.29, 1.82) is 0 Å². The second kappa shape index (κ2) is 8.27. The number of carbonyl (C=O) groups is 1. The average molecular weight is 279 g/mol. The third-order valence-electron chi connectivity index (χ3n) is 3.16. The van der Waals surface area contributed by atoms with Crippen LogP contribution in [0.2, 0.25) is 0 Å². The zero-order chi connectivity index (χ0) is 15.0. The van der Waals surface area contributed by atoms with Crippen LogP contribution in [0.4, 0.5) is 5.69 Å². The predicted octanol–water partition coefficient (Wildman–Crippen LogP) is 2.15. The third kappa shape index (κ3) is 4.62. The smallest absolute Gasteiger partial charge is 0.273 e. The molecule has 6 nitrogen and oxygen atoms in total. The number of nitro benzene ring substituents is 1. The molecule has 6 heteroatoms. The minimum absolute atomic E-state index is 0.0272. The molecule has 0 aliphatic carbocycles. The van der Waals surface area contributed by atoms with Gasteiger partial charge in [0.1, 0.15) is 0 Å². The third-order valence-corrected chi connectivity index (χ3v) is 3.16. The first-order valence-corrected chi connectivity index (χ1v) is 6.80. The van der Waals surface area contributed by atoms with Crippen LogP contribution >= 0.6 is 0 Å². The van der Waals surface area contributed by atoms with Crippen LogP contribution < -0.4 is 11.1 Å². The standard InChI is InChI=1S/C14H21N3O3/c1-11-12(7-6-8-13(11)17(19)20)14(18)16-10-5-3-2-4-9-15/h6-8H,2-5,9-10,15H2,1H3,(H,16,18). The van der Waals surface area contributed by atoms with E-state index in [1.165, 1.54) is 12.1 Å². The van der Waals surface area contributed by atoms with Crippen LogP contribution in [0.15, 0.2) is 18.2 Å². The van der Waals surface area contributed by atoms with Crippen LogP contribution in [-0.2, 0) is 0 Å². The van der Waals surface area contributed by atoms with E-state index in [1.807, 2.05) is 0 Å². The second-order valence-corrected chi connectivity index (χ2v) is 4.67. The van der Waals surface area contributed by atoms with E-state index in [-0.39, 0.29) is 11.6 Å². The Morgan fingerprint density at radius 1 is 1.30 bits per heavy atom. The molecular formula is C14H21N3O3. The number of benzene rings is 1. The largest absolute Gasteiger partial charge is 0.352 e. The molecule has 20 heavy (non-hydrogen) atoms. The Kier molecular flexibility index (Phi) is 6.66. The molecule has 0 fully saturated rings. The summed E-state index contributed by atoms with van der Waals surface area (Å²) < 4.78 is 0. The second-order valence-electron chi connectivity index (χ2n) is 4.67. The molecule has 0 bridgehead atoms. The molecule has 0 aliphatic heterocycles. The van der Waals surface area contributed by atoms with Gasteiger partial charge in [0, 0.05) is 23.7 Å². The van der Waals surface area contributed by atoms with Crippen LogP contribution in [0.25, 0.3) is 0 Å². The van der Waals surface area contributed by atoms with Gasteiger partial charge in [-0.15, -0.1) is 0 Å². The highest BCUT2D eigenvalue weighted by molar-refractivity contribution is 5.96. The van der Waals surface area contributed by atoms with Gasteiger partial charge < -0.3 is 11.1 Å². The Morgan fingerprint density at radius 2 is 2.00 bits per heavy atom. The first kappa shape index (κ1) is 16.1. The molecular weight excluding hydrogens is 258 g/mol. The monoisotopic (exact) mass is 279 g/mol. The Labute approximate surface area is 118 Å². The predicted molar refractivity (Wildman–Crippen MR) is 77.7 cm³/mol. The van der Waals surface area contributed by atoms with Crippen molar-refractivity contribution < 1.29 is 9.72 Å². The number of carbonyl (C=O) groups excluding carboxylic acids is 1. The summed E-state index contributed by atoms with van der Waals surface area (Å²) in [4.78, 5) is 22.3. The maximum Gasteiger partial charge on any atom is 0.273 e. The normalized spacial score (nSPS) is 10.3. The molecule has 0 aromatic heterocycles. The maximum absolute atomic E-state index is 12.0. The van der Waals surface area contributed by atoms with Crippen LogP contribution in [0.1, 0.15) is 41.6 Å². The molecule has 0 heterocycles. The van der Waals surface area contributed by atoms with Crippen molar-refractivity contribution in [2.45, 2.75) is 32.6 Å². The van der Waals surface area contributed by atoms with Crippen LogP contribution in [0.5, 0.6) is 0 Å². The number of nitrogens with one attached hydrogen (secondary N) is 1. The van der Waals surface area contributed by atoms with Gasteiger partial charge in [-0.25, -0.2) is 0 Å².